The number of hydrogen-bond acceptors (Lipinski definition) is 4. The average molecular weight is 343 g/mol. The monoisotopic (exact) mass is 343 g/mol. The third-order valence-electron chi connectivity index (χ3n) is 3.04. The van der Waals surface area contributed by atoms with Crippen molar-refractivity contribution in [3.8, 4) is 0 Å². The van der Waals surface area contributed by atoms with Crippen molar-refractivity contribution in [1.29, 1.82) is 0 Å². The summed E-state index contributed by atoms with van der Waals surface area (Å²) in [6.45, 7) is 3.64. The molecule has 0 fully saturated rings. The molecule has 0 saturated heterocycles. The molecule has 0 heterocycles. The Kier molecular flexibility index (Phi) is 7.26. The molecule has 0 aliphatic heterocycles. The van der Waals surface area contributed by atoms with E-state index < -0.39 is 31.4 Å². The van der Waals surface area contributed by atoms with Gasteiger partial charge in [-0.15, -0.1) is 0 Å². The summed E-state index contributed by atoms with van der Waals surface area (Å²) in [4.78, 5) is 32.5. The van der Waals surface area contributed by atoms with Gasteiger partial charge < -0.3 is 20.1 Å². The van der Waals surface area contributed by atoms with Gasteiger partial charge in [0.2, 0.25) is 7.37 Å². The zero-order chi connectivity index (χ0) is 17.5. The molecule has 128 valence electrons. The molecule has 2 unspecified atom stereocenters. The van der Waals surface area contributed by atoms with Crippen LogP contribution in [-0.2, 0) is 20.7 Å². The summed E-state index contributed by atoms with van der Waals surface area (Å²) in [5.74, 6) is -2.53. The van der Waals surface area contributed by atoms with Crippen molar-refractivity contribution in [1.82, 2.24) is 5.32 Å². The van der Waals surface area contributed by atoms with Crippen LogP contribution in [-0.4, -0.2) is 34.0 Å². The van der Waals surface area contributed by atoms with Gasteiger partial charge in [-0.25, -0.2) is 4.79 Å². The second kappa shape index (κ2) is 8.70. The summed E-state index contributed by atoms with van der Waals surface area (Å²) in [5, 5.41) is 11.1. The molecular formula is C15H22NO6P. The molecule has 1 aromatic rings. The highest BCUT2D eigenvalue weighted by Crippen LogP contribution is 2.47. The Labute approximate surface area is 135 Å². The minimum absolute atomic E-state index is 0.00342. The first-order valence-electron chi connectivity index (χ1n) is 7.21. The van der Waals surface area contributed by atoms with Crippen LogP contribution in [0.4, 0.5) is 4.79 Å². The molecule has 1 aromatic carbocycles. The number of alkyl carbamates (subject to hydrolysis) is 1. The van der Waals surface area contributed by atoms with Crippen LogP contribution in [0.15, 0.2) is 30.3 Å². The van der Waals surface area contributed by atoms with Crippen molar-refractivity contribution < 1.29 is 28.9 Å². The number of hydrogen-bond donors (Lipinski definition) is 3. The predicted molar refractivity (Wildman–Crippen MR) is 85.3 cm³/mol. The normalized spacial score (nSPS) is 14.8. The molecule has 2 atom stereocenters. The van der Waals surface area contributed by atoms with Gasteiger partial charge in [0.05, 0.1) is 0 Å². The maximum atomic E-state index is 12.2. The highest BCUT2D eigenvalue weighted by atomic mass is 31.2. The van der Waals surface area contributed by atoms with Crippen LogP contribution in [0.2, 0.25) is 0 Å². The molecule has 0 aliphatic carbocycles. The third-order valence-corrected chi connectivity index (χ3v) is 5.08. The van der Waals surface area contributed by atoms with Gasteiger partial charge in [-0.1, -0.05) is 44.2 Å². The van der Waals surface area contributed by atoms with E-state index in [4.69, 9.17) is 9.84 Å². The number of nitrogens with one attached hydrogen (secondary N) is 1. The van der Waals surface area contributed by atoms with Crippen molar-refractivity contribution in [2.45, 2.75) is 32.7 Å². The van der Waals surface area contributed by atoms with Gasteiger partial charge in [-0.3, -0.25) is 9.36 Å². The predicted octanol–water partition coefficient (Wildman–Crippen LogP) is 2.64. The van der Waals surface area contributed by atoms with Gasteiger partial charge in [0.25, 0.3) is 0 Å². The standard InChI is InChI=1S/C15H22NO6P/c1-11(2)8-13(23(20,21)10-14(17)18)16-15(19)22-9-12-6-4-3-5-7-12/h3-7,11,13H,8-10H2,1-2H3,(H,16,19)(H,17,18)(H,20,21). The molecule has 23 heavy (non-hydrogen) atoms. The Morgan fingerprint density at radius 2 is 1.87 bits per heavy atom. The lowest BCUT2D eigenvalue weighted by Gasteiger charge is -2.24. The molecule has 0 radical (unpaired) electrons. The smallest absolute Gasteiger partial charge is 0.408 e. The van der Waals surface area contributed by atoms with Crippen LogP contribution in [0.25, 0.3) is 0 Å². The van der Waals surface area contributed by atoms with Gasteiger partial charge in [-0.05, 0) is 17.9 Å². The summed E-state index contributed by atoms with van der Waals surface area (Å²) >= 11 is 0. The fraction of sp³-hybridized carbons (Fsp3) is 0.467. The number of ether oxygens (including phenoxy) is 1. The first-order chi connectivity index (χ1) is 10.7. The van der Waals surface area contributed by atoms with Crippen molar-refractivity contribution in [2.75, 3.05) is 6.16 Å². The van der Waals surface area contributed by atoms with Crippen LogP contribution in [0.3, 0.4) is 0 Å². The molecule has 0 aromatic heterocycles. The Morgan fingerprint density at radius 1 is 1.26 bits per heavy atom. The number of benzene rings is 1. The fourth-order valence-corrected chi connectivity index (χ4v) is 3.64. The van der Waals surface area contributed by atoms with E-state index in [0.29, 0.717) is 0 Å². The summed E-state index contributed by atoms with van der Waals surface area (Å²) in [6.07, 6.45) is -1.57. The largest absolute Gasteiger partial charge is 0.481 e. The average Bonchev–Trinajstić information content (AvgIpc) is 2.44. The molecule has 8 heteroatoms. The van der Waals surface area contributed by atoms with E-state index in [1.807, 2.05) is 19.9 Å². The van der Waals surface area contributed by atoms with Gasteiger partial charge in [0.1, 0.15) is 18.6 Å². The first-order valence-corrected chi connectivity index (χ1v) is 9.12. The molecule has 0 aliphatic rings. The highest BCUT2D eigenvalue weighted by molar-refractivity contribution is 7.59. The van der Waals surface area contributed by atoms with Crippen molar-refractivity contribution >= 4 is 19.4 Å². The molecular weight excluding hydrogens is 321 g/mol. The molecule has 0 saturated carbocycles. The van der Waals surface area contributed by atoms with Crippen LogP contribution in [0.1, 0.15) is 25.8 Å². The van der Waals surface area contributed by atoms with Crippen LogP contribution >= 0.6 is 7.37 Å². The molecule has 7 nitrogen and oxygen atoms in total. The summed E-state index contributed by atoms with van der Waals surface area (Å²) in [5.41, 5.74) is 0.778. The van der Waals surface area contributed by atoms with Crippen molar-refractivity contribution in [3.05, 3.63) is 35.9 Å². The Balaban J connectivity index is 2.67. The van der Waals surface area contributed by atoms with Crippen molar-refractivity contribution in [3.63, 3.8) is 0 Å². The van der Waals surface area contributed by atoms with Gasteiger partial charge in [-0.2, -0.15) is 0 Å². The summed E-state index contributed by atoms with van der Waals surface area (Å²) < 4.78 is 17.2. The van der Waals surface area contributed by atoms with Gasteiger partial charge >= 0.3 is 12.1 Å². The van der Waals surface area contributed by atoms with E-state index in [-0.39, 0.29) is 18.9 Å². The minimum Gasteiger partial charge on any atom is -0.481 e. The first kappa shape index (κ1) is 19.2. The molecule has 0 bridgehead atoms. The van der Waals surface area contributed by atoms with E-state index in [1.165, 1.54) is 0 Å². The Hall–Kier alpha value is -1.85. The van der Waals surface area contributed by atoms with E-state index >= 15 is 0 Å². The fourth-order valence-electron chi connectivity index (χ4n) is 1.98. The van der Waals surface area contributed by atoms with Crippen LogP contribution in [0.5, 0.6) is 0 Å². The lowest BCUT2D eigenvalue weighted by molar-refractivity contribution is -0.134. The van der Waals surface area contributed by atoms with Crippen LogP contribution in [0, 0.1) is 5.92 Å². The molecule has 0 spiro atoms. The van der Waals surface area contributed by atoms with Gasteiger partial charge in [0, 0.05) is 0 Å². The lowest BCUT2D eigenvalue weighted by Crippen LogP contribution is -2.37. The number of carbonyl (C=O) groups excluding carboxylic acids is 1. The molecule has 1 amide bonds. The maximum absolute atomic E-state index is 12.2. The minimum atomic E-state index is -4.07. The Morgan fingerprint density at radius 3 is 2.39 bits per heavy atom. The SMILES string of the molecule is CC(C)CC(NC(=O)OCc1ccccc1)P(=O)(O)CC(=O)O. The summed E-state index contributed by atoms with van der Waals surface area (Å²) in [7, 11) is -4.07. The highest BCUT2D eigenvalue weighted by Gasteiger charge is 2.35. The summed E-state index contributed by atoms with van der Waals surface area (Å²) in [6, 6.07) is 8.98. The topological polar surface area (TPSA) is 113 Å². The second-order valence-corrected chi connectivity index (χ2v) is 8.11. The Bertz CT molecular complexity index is 575. The number of carbonyl (C=O) groups is 2. The maximum Gasteiger partial charge on any atom is 0.408 e. The van der Waals surface area contributed by atoms with Crippen molar-refractivity contribution in [2.24, 2.45) is 5.92 Å². The number of carboxylic acids is 1. The van der Waals surface area contributed by atoms with Gasteiger partial charge in [0.15, 0.2) is 0 Å². The number of carboxylic acid groups (broad SMARTS) is 1. The molecule has 1 rings (SSSR count). The van der Waals surface area contributed by atoms with E-state index in [2.05, 4.69) is 5.32 Å². The number of amides is 1. The second-order valence-electron chi connectivity index (χ2n) is 5.66. The number of aliphatic carboxylic acids is 1. The zero-order valence-electron chi connectivity index (χ0n) is 13.1. The third kappa shape index (κ3) is 7.30. The van der Waals surface area contributed by atoms with E-state index in [0.717, 1.165) is 5.56 Å². The lowest BCUT2D eigenvalue weighted by atomic mass is 10.1. The quantitative estimate of drug-likeness (QED) is 0.626. The molecule has 3 N–H and O–H groups in total. The zero-order valence-corrected chi connectivity index (χ0v) is 14.0. The number of rotatable bonds is 8. The van der Waals surface area contributed by atoms with E-state index in [1.54, 1.807) is 24.3 Å². The van der Waals surface area contributed by atoms with Crippen LogP contribution < -0.4 is 5.32 Å². The van der Waals surface area contributed by atoms with E-state index in [9.17, 15) is 19.0 Å².